The fourth-order valence-corrected chi connectivity index (χ4v) is 2.81. The van der Waals surface area contributed by atoms with Gasteiger partial charge in [-0.2, -0.15) is 0 Å². The highest BCUT2D eigenvalue weighted by molar-refractivity contribution is 5.69. The fourth-order valence-electron chi connectivity index (χ4n) is 2.81. The molecule has 2 aliphatic rings. The van der Waals surface area contributed by atoms with Crippen molar-refractivity contribution in [1.29, 1.82) is 0 Å². The summed E-state index contributed by atoms with van der Waals surface area (Å²) in [6, 6.07) is 5.66. The Morgan fingerprint density at radius 3 is 2.50 bits per heavy atom. The summed E-state index contributed by atoms with van der Waals surface area (Å²) in [5.41, 5.74) is 0.672. The van der Waals surface area contributed by atoms with Crippen molar-refractivity contribution in [2.24, 2.45) is 11.8 Å². The third-order valence-electron chi connectivity index (χ3n) is 4.06. The molecule has 1 aromatic carbocycles. The predicted molar refractivity (Wildman–Crippen MR) is 77.1 cm³/mol. The number of hydrogen-bond acceptors (Lipinski definition) is 4. The summed E-state index contributed by atoms with van der Waals surface area (Å²) >= 11 is 0. The quantitative estimate of drug-likeness (QED) is 0.610. The average molecular weight is 276 g/mol. The first-order chi connectivity index (χ1) is 9.70. The molecule has 2 aliphatic carbocycles. The smallest absolute Gasteiger partial charge is 0.333 e. The maximum atomic E-state index is 11.4. The van der Waals surface area contributed by atoms with Crippen LogP contribution in [0.5, 0.6) is 5.75 Å². The zero-order valence-electron chi connectivity index (χ0n) is 11.7. The van der Waals surface area contributed by atoms with Crippen molar-refractivity contribution in [2.75, 3.05) is 11.9 Å². The maximum Gasteiger partial charge on any atom is 0.333 e. The minimum Gasteiger partial charge on any atom is -0.487 e. The molecule has 0 heterocycles. The van der Waals surface area contributed by atoms with Crippen molar-refractivity contribution < 1.29 is 9.66 Å². The van der Waals surface area contributed by atoms with Crippen LogP contribution in [0.3, 0.4) is 0 Å². The second-order valence-electron chi connectivity index (χ2n) is 5.69. The van der Waals surface area contributed by atoms with Crippen LogP contribution in [0, 0.1) is 22.0 Å². The number of nitrogens with zero attached hydrogens (tertiary/aromatic N) is 1. The van der Waals surface area contributed by atoms with E-state index in [1.165, 1.54) is 25.7 Å². The minimum absolute atomic E-state index is 0.0700. The van der Waals surface area contributed by atoms with E-state index in [0.717, 1.165) is 0 Å². The minimum atomic E-state index is -0.343. The summed E-state index contributed by atoms with van der Waals surface area (Å²) in [5.74, 6) is 1.74. The summed E-state index contributed by atoms with van der Waals surface area (Å²) < 4.78 is 5.39. The van der Waals surface area contributed by atoms with Crippen LogP contribution in [0.1, 0.15) is 32.6 Å². The molecular weight excluding hydrogens is 256 g/mol. The van der Waals surface area contributed by atoms with E-state index in [9.17, 15) is 10.1 Å². The van der Waals surface area contributed by atoms with Gasteiger partial charge in [-0.3, -0.25) is 10.1 Å². The lowest BCUT2D eigenvalue weighted by Gasteiger charge is -2.19. The van der Waals surface area contributed by atoms with Gasteiger partial charge in [-0.05, 0) is 56.6 Å². The topological polar surface area (TPSA) is 64.4 Å². The van der Waals surface area contributed by atoms with Crippen LogP contribution in [-0.4, -0.2) is 17.6 Å². The van der Waals surface area contributed by atoms with Gasteiger partial charge in [0.15, 0.2) is 5.75 Å². The molecule has 0 atom stereocenters. The van der Waals surface area contributed by atoms with Crippen molar-refractivity contribution in [3.05, 3.63) is 28.3 Å². The largest absolute Gasteiger partial charge is 0.487 e. The molecule has 1 N–H and O–H groups in total. The summed E-state index contributed by atoms with van der Waals surface area (Å²) in [7, 11) is 0. The second kappa shape index (κ2) is 5.31. The summed E-state index contributed by atoms with van der Waals surface area (Å²) in [4.78, 5) is 11.0. The zero-order chi connectivity index (χ0) is 14.1. The Morgan fingerprint density at radius 1 is 1.35 bits per heavy atom. The normalized spacial score (nSPS) is 18.1. The third-order valence-corrected chi connectivity index (χ3v) is 4.06. The van der Waals surface area contributed by atoms with Gasteiger partial charge in [-0.25, -0.2) is 0 Å². The lowest BCUT2D eigenvalue weighted by atomic mass is 10.1. The molecule has 1 aromatic rings. The molecular formula is C15H20N2O3. The first-order valence-corrected chi connectivity index (χ1v) is 7.37. The van der Waals surface area contributed by atoms with E-state index in [0.29, 0.717) is 35.9 Å². The lowest BCUT2D eigenvalue weighted by Crippen LogP contribution is -2.24. The first kappa shape index (κ1) is 13.2. The molecule has 0 radical (unpaired) electrons. The van der Waals surface area contributed by atoms with Crippen LogP contribution in [0.4, 0.5) is 11.4 Å². The van der Waals surface area contributed by atoms with Crippen LogP contribution in [0.15, 0.2) is 18.2 Å². The molecule has 2 fully saturated rings. The van der Waals surface area contributed by atoms with E-state index < -0.39 is 0 Å². The Hall–Kier alpha value is -1.78. The number of nitrogens with one attached hydrogen (secondary N) is 1. The van der Waals surface area contributed by atoms with E-state index in [-0.39, 0.29) is 10.6 Å². The van der Waals surface area contributed by atoms with E-state index >= 15 is 0 Å². The van der Waals surface area contributed by atoms with Gasteiger partial charge in [-0.1, -0.05) is 6.07 Å². The SMILES string of the molecule is CCOc1cccc(NC(C2CC2)C2CC2)c1[N+](=O)[O-]. The van der Waals surface area contributed by atoms with Gasteiger partial charge < -0.3 is 10.1 Å². The molecule has 0 bridgehead atoms. The number of para-hydroxylation sites is 1. The number of hydrogen-bond donors (Lipinski definition) is 1. The molecule has 0 amide bonds. The van der Waals surface area contributed by atoms with Crippen molar-refractivity contribution >= 4 is 11.4 Å². The van der Waals surface area contributed by atoms with E-state index in [4.69, 9.17) is 4.74 Å². The summed E-state index contributed by atoms with van der Waals surface area (Å²) in [6.07, 6.45) is 4.97. The van der Waals surface area contributed by atoms with Crippen LogP contribution >= 0.6 is 0 Å². The Bertz CT molecular complexity index is 498. The monoisotopic (exact) mass is 276 g/mol. The van der Waals surface area contributed by atoms with E-state index in [1.807, 2.05) is 13.0 Å². The third kappa shape index (κ3) is 2.71. The molecule has 0 unspecified atom stereocenters. The molecule has 5 heteroatoms. The van der Waals surface area contributed by atoms with Crippen molar-refractivity contribution in [1.82, 2.24) is 0 Å². The van der Waals surface area contributed by atoms with Gasteiger partial charge in [0.05, 0.1) is 11.5 Å². The molecule has 20 heavy (non-hydrogen) atoms. The molecule has 5 nitrogen and oxygen atoms in total. The van der Waals surface area contributed by atoms with Crippen molar-refractivity contribution in [3.63, 3.8) is 0 Å². The second-order valence-corrected chi connectivity index (χ2v) is 5.69. The number of nitro groups is 1. The standard InChI is InChI=1S/C15H20N2O3/c1-2-20-13-5-3-4-12(15(13)17(18)19)16-14(10-6-7-10)11-8-9-11/h3-5,10-11,14,16H,2,6-9H2,1H3. The van der Waals surface area contributed by atoms with Gasteiger partial charge in [0, 0.05) is 6.04 Å². The van der Waals surface area contributed by atoms with Crippen molar-refractivity contribution in [2.45, 2.75) is 38.6 Å². The maximum absolute atomic E-state index is 11.4. The van der Waals surface area contributed by atoms with Gasteiger partial charge in [0.2, 0.25) is 0 Å². The fraction of sp³-hybridized carbons (Fsp3) is 0.600. The van der Waals surface area contributed by atoms with E-state index in [2.05, 4.69) is 5.32 Å². The summed E-state index contributed by atoms with van der Waals surface area (Å²) in [6.45, 7) is 2.26. The van der Waals surface area contributed by atoms with Crippen LogP contribution < -0.4 is 10.1 Å². The highest BCUT2D eigenvalue weighted by atomic mass is 16.6. The van der Waals surface area contributed by atoms with Crippen molar-refractivity contribution in [3.8, 4) is 5.75 Å². The van der Waals surface area contributed by atoms with Crippen LogP contribution in [-0.2, 0) is 0 Å². The highest BCUT2D eigenvalue weighted by Gasteiger charge is 2.42. The Morgan fingerprint density at radius 2 is 2.00 bits per heavy atom. The Labute approximate surface area is 118 Å². The number of rotatable bonds is 7. The van der Waals surface area contributed by atoms with Crippen LogP contribution in [0.2, 0.25) is 0 Å². The van der Waals surface area contributed by atoms with Gasteiger partial charge >= 0.3 is 5.69 Å². The Balaban J connectivity index is 1.87. The average Bonchev–Trinajstić information content (AvgIpc) is 3.28. The summed E-state index contributed by atoms with van der Waals surface area (Å²) in [5, 5.41) is 14.8. The highest BCUT2D eigenvalue weighted by Crippen LogP contribution is 2.47. The number of ether oxygens (including phenoxy) is 1. The molecule has 108 valence electrons. The number of anilines is 1. The van der Waals surface area contributed by atoms with Gasteiger partial charge in [0.1, 0.15) is 5.69 Å². The predicted octanol–water partition coefficient (Wildman–Crippen LogP) is 3.59. The first-order valence-electron chi connectivity index (χ1n) is 7.37. The lowest BCUT2D eigenvalue weighted by molar-refractivity contribution is -0.385. The molecule has 3 rings (SSSR count). The molecule has 2 saturated carbocycles. The van der Waals surface area contributed by atoms with Crippen LogP contribution in [0.25, 0.3) is 0 Å². The zero-order valence-corrected chi connectivity index (χ0v) is 11.7. The molecule has 0 saturated heterocycles. The molecule has 0 aromatic heterocycles. The molecule has 0 spiro atoms. The Kier molecular flexibility index (Phi) is 3.51. The molecule has 0 aliphatic heterocycles. The van der Waals surface area contributed by atoms with Gasteiger partial charge in [0.25, 0.3) is 0 Å². The number of benzene rings is 1. The van der Waals surface area contributed by atoms with E-state index in [1.54, 1.807) is 12.1 Å². The number of nitro benzene ring substituents is 1. The van der Waals surface area contributed by atoms with Gasteiger partial charge in [-0.15, -0.1) is 0 Å².